The van der Waals surface area contributed by atoms with E-state index in [9.17, 15) is 5.11 Å². The summed E-state index contributed by atoms with van der Waals surface area (Å²) in [6.45, 7) is 0. The Balaban J connectivity index is 2.12. The summed E-state index contributed by atoms with van der Waals surface area (Å²) in [5.74, 6) is 1.90. The minimum atomic E-state index is 0.0823. The maximum absolute atomic E-state index is 10.0. The molecule has 2 aromatic carbocycles. The highest BCUT2D eigenvalue weighted by Crippen LogP contribution is 2.53. The largest absolute Gasteiger partial charge is 0.503 e. The highest BCUT2D eigenvalue weighted by atomic mass is 79.9. The Labute approximate surface area is 111 Å². The van der Waals surface area contributed by atoms with Gasteiger partial charge in [0.15, 0.2) is 27.8 Å². The zero-order chi connectivity index (χ0) is 11.8. The first kappa shape index (κ1) is 10.8. The van der Waals surface area contributed by atoms with Gasteiger partial charge in [-0.05, 0) is 24.3 Å². The van der Waals surface area contributed by atoms with Gasteiger partial charge < -0.3 is 13.7 Å². The third-order valence-electron chi connectivity index (χ3n) is 2.42. The van der Waals surface area contributed by atoms with Crippen molar-refractivity contribution in [3.8, 4) is 23.0 Å². The van der Waals surface area contributed by atoms with Gasteiger partial charge in [-0.3, -0.25) is 0 Å². The Morgan fingerprint density at radius 3 is 2.76 bits per heavy atom. The molecule has 1 heterocycles. The van der Waals surface area contributed by atoms with Crippen LogP contribution in [0.15, 0.2) is 46.2 Å². The highest BCUT2D eigenvalue weighted by Gasteiger charge is 2.22. The number of rotatable bonds is 1. The van der Waals surface area contributed by atoms with E-state index in [0.717, 1.165) is 10.6 Å². The molecule has 0 atom stereocenters. The molecule has 86 valence electrons. The van der Waals surface area contributed by atoms with Crippen molar-refractivity contribution in [2.45, 2.75) is 9.79 Å². The standard InChI is InChI=1S/C12H7BrO3S/c13-16-8-5-6-9-12(11(8)14)17-10-4-2-1-3-7(10)15-9/h1-6,14H. The first-order valence-corrected chi connectivity index (χ1v) is 6.35. The zero-order valence-corrected chi connectivity index (χ0v) is 10.9. The van der Waals surface area contributed by atoms with Crippen LogP contribution < -0.4 is 8.57 Å². The van der Waals surface area contributed by atoms with Gasteiger partial charge in [-0.2, -0.15) is 0 Å². The van der Waals surface area contributed by atoms with Crippen LogP contribution in [-0.4, -0.2) is 5.11 Å². The molecule has 1 aliphatic rings. The molecule has 0 saturated heterocycles. The van der Waals surface area contributed by atoms with Crippen LogP contribution >= 0.6 is 28.0 Å². The van der Waals surface area contributed by atoms with E-state index in [4.69, 9.17) is 8.57 Å². The molecule has 0 aromatic heterocycles. The Bertz CT molecular complexity index is 586. The van der Waals surface area contributed by atoms with Crippen molar-refractivity contribution in [3.05, 3.63) is 36.4 Å². The number of ether oxygens (including phenoxy) is 1. The molecule has 1 N–H and O–H groups in total. The summed E-state index contributed by atoms with van der Waals surface area (Å²) in [6.07, 6.45) is 0. The molecule has 0 fully saturated rings. The summed E-state index contributed by atoms with van der Waals surface area (Å²) in [5.41, 5.74) is 0. The Morgan fingerprint density at radius 2 is 1.94 bits per heavy atom. The van der Waals surface area contributed by atoms with Gasteiger partial charge >= 0.3 is 0 Å². The Kier molecular flexibility index (Phi) is 2.64. The maximum Gasteiger partial charge on any atom is 0.179 e. The van der Waals surface area contributed by atoms with Gasteiger partial charge in [-0.1, -0.05) is 23.9 Å². The highest BCUT2D eigenvalue weighted by molar-refractivity contribution is 9.06. The van der Waals surface area contributed by atoms with E-state index in [1.54, 1.807) is 12.1 Å². The second-order valence-electron chi connectivity index (χ2n) is 3.47. The Hall–Kier alpha value is -1.33. The lowest BCUT2D eigenvalue weighted by Gasteiger charge is -2.20. The van der Waals surface area contributed by atoms with Gasteiger partial charge in [0.25, 0.3) is 0 Å². The molecule has 0 unspecified atom stereocenters. The predicted octanol–water partition coefficient (Wildman–Crippen LogP) is 4.34. The predicted molar refractivity (Wildman–Crippen MR) is 68.3 cm³/mol. The molecule has 0 aliphatic carbocycles. The molecule has 3 rings (SSSR count). The molecular formula is C12H7BrO3S. The second-order valence-corrected chi connectivity index (χ2v) is 4.84. The molecule has 0 saturated carbocycles. The number of hydrogen-bond donors (Lipinski definition) is 1. The fourth-order valence-electron chi connectivity index (χ4n) is 1.62. The second kappa shape index (κ2) is 4.16. The average Bonchev–Trinajstić information content (AvgIpc) is 2.37. The summed E-state index contributed by atoms with van der Waals surface area (Å²) < 4.78 is 10.6. The SMILES string of the molecule is Oc1c(OBr)ccc2c1Sc1ccccc1O2. The van der Waals surface area contributed by atoms with Crippen LogP contribution in [0.25, 0.3) is 0 Å². The van der Waals surface area contributed by atoms with Crippen molar-refractivity contribution in [1.29, 1.82) is 0 Å². The zero-order valence-electron chi connectivity index (χ0n) is 8.51. The molecule has 3 nitrogen and oxygen atoms in total. The molecule has 5 heteroatoms. The third kappa shape index (κ3) is 1.75. The van der Waals surface area contributed by atoms with Crippen LogP contribution in [0.3, 0.4) is 0 Å². The molecule has 0 amide bonds. The van der Waals surface area contributed by atoms with Crippen molar-refractivity contribution >= 4 is 28.0 Å². The normalized spacial score (nSPS) is 12.3. The lowest BCUT2D eigenvalue weighted by Crippen LogP contribution is -1.95. The van der Waals surface area contributed by atoms with Crippen molar-refractivity contribution in [3.63, 3.8) is 0 Å². The number of phenols is 1. The molecule has 1 aliphatic heterocycles. The molecule has 0 radical (unpaired) electrons. The first-order valence-electron chi connectivity index (χ1n) is 4.89. The van der Waals surface area contributed by atoms with E-state index < -0.39 is 0 Å². The number of halogens is 1. The number of hydrogen-bond acceptors (Lipinski definition) is 4. The number of fused-ring (bicyclic) bond motifs is 2. The number of benzene rings is 2. The van der Waals surface area contributed by atoms with Crippen LogP contribution in [0.5, 0.6) is 23.0 Å². The first-order chi connectivity index (χ1) is 8.29. The number of aromatic hydroxyl groups is 1. The van der Waals surface area contributed by atoms with Gasteiger partial charge in [-0.25, -0.2) is 0 Å². The molecular weight excluding hydrogens is 304 g/mol. The lowest BCUT2D eigenvalue weighted by atomic mass is 10.3. The van der Waals surface area contributed by atoms with Gasteiger partial charge in [0.1, 0.15) is 16.4 Å². The summed E-state index contributed by atoms with van der Waals surface area (Å²) in [7, 11) is 0. The Morgan fingerprint density at radius 1 is 1.12 bits per heavy atom. The van der Waals surface area contributed by atoms with E-state index in [-0.39, 0.29) is 5.75 Å². The van der Waals surface area contributed by atoms with E-state index in [2.05, 4.69) is 16.3 Å². The van der Waals surface area contributed by atoms with Crippen molar-refractivity contribution in [1.82, 2.24) is 0 Å². The van der Waals surface area contributed by atoms with Gasteiger partial charge in [-0.15, -0.1) is 0 Å². The van der Waals surface area contributed by atoms with Crippen LogP contribution in [0.2, 0.25) is 0 Å². The van der Waals surface area contributed by atoms with E-state index in [1.165, 1.54) is 11.8 Å². The lowest BCUT2D eigenvalue weighted by molar-refractivity contribution is 0.412. The summed E-state index contributed by atoms with van der Waals surface area (Å²) in [6, 6.07) is 11.1. The van der Waals surface area contributed by atoms with Gasteiger partial charge in [0, 0.05) is 0 Å². The van der Waals surface area contributed by atoms with Crippen LogP contribution in [0, 0.1) is 0 Å². The third-order valence-corrected chi connectivity index (χ3v) is 3.93. The molecule has 0 spiro atoms. The fraction of sp³-hybridized carbons (Fsp3) is 0. The van der Waals surface area contributed by atoms with Gasteiger partial charge in [0.2, 0.25) is 0 Å². The summed E-state index contributed by atoms with van der Waals surface area (Å²) >= 11 is 4.32. The average molecular weight is 311 g/mol. The summed E-state index contributed by atoms with van der Waals surface area (Å²) in [4.78, 5) is 1.64. The maximum atomic E-state index is 10.0. The smallest absolute Gasteiger partial charge is 0.179 e. The van der Waals surface area contributed by atoms with Crippen molar-refractivity contribution in [2.75, 3.05) is 0 Å². The minimum absolute atomic E-state index is 0.0823. The quantitative estimate of drug-likeness (QED) is 0.725. The van der Waals surface area contributed by atoms with Crippen LogP contribution in [-0.2, 0) is 0 Å². The van der Waals surface area contributed by atoms with Crippen molar-refractivity contribution in [2.24, 2.45) is 0 Å². The van der Waals surface area contributed by atoms with Crippen LogP contribution in [0.1, 0.15) is 0 Å². The summed E-state index contributed by atoms with van der Waals surface area (Å²) in [5, 5.41) is 10.0. The molecule has 2 aromatic rings. The topological polar surface area (TPSA) is 38.7 Å². The van der Waals surface area contributed by atoms with Crippen LogP contribution in [0.4, 0.5) is 0 Å². The number of phenolic OH excluding ortho intramolecular Hbond substituents is 1. The van der Waals surface area contributed by atoms with E-state index in [0.29, 0.717) is 16.4 Å². The number of para-hydroxylation sites is 1. The monoisotopic (exact) mass is 310 g/mol. The van der Waals surface area contributed by atoms with Gasteiger partial charge in [0.05, 0.1) is 4.90 Å². The van der Waals surface area contributed by atoms with E-state index in [1.807, 2.05) is 24.3 Å². The van der Waals surface area contributed by atoms with Crippen molar-refractivity contribution < 1.29 is 13.7 Å². The molecule has 0 bridgehead atoms. The fourth-order valence-corrected chi connectivity index (χ4v) is 2.87. The molecule has 17 heavy (non-hydrogen) atoms. The minimum Gasteiger partial charge on any atom is -0.503 e. The van der Waals surface area contributed by atoms with E-state index >= 15 is 0 Å².